The van der Waals surface area contributed by atoms with Crippen LogP contribution in [0.5, 0.6) is 0 Å². The molecule has 7 heteroatoms. The van der Waals surface area contributed by atoms with Crippen molar-refractivity contribution in [3.8, 4) is 0 Å². The van der Waals surface area contributed by atoms with Gasteiger partial charge in [0.2, 0.25) is 11.9 Å². The summed E-state index contributed by atoms with van der Waals surface area (Å²) < 4.78 is 0. The molecule has 0 bridgehead atoms. The molecule has 2 aromatic rings. The zero-order valence-electron chi connectivity index (χ0n) is 15.5. The van der Waals surface area contributed by atoms with E-state index in [9.17, 15) is 4.79 Å². The molecule has 0 unspecified atom stereocenters. The third-order valence-corrected chi connectivity index (χ3v) is 5.33. The van der Waals surface area contributed by atoms with Gasteiger partial charge < -0.3 is 10.2 Å². The summed E-state index contributed by atoms with van der Waals surface area (Å²) in [5, 5.41) is 3.16. The molecule has 7 nitrogen and oxygen atoms in total. The number of anilines is 2. The number of pyridine rings is 1. The molecule has 4 rings (SSSR count). The predicted molar refractivity (Wildman–Crippen MR) is 104 cm³/mol. The van der Waals surface area contributed by atoms with E-state index in [1.54, 1.807) is 12.4 Å². The number of nitrogens with zero attached hydrogens (tertiary/aromatic N) is 5. The highest BCUT2D eigenvalue weighted by Crippen LogP contribution is 2.30. The zero-order chi connectivity index (χ0) is 18.5. The first kappa shape index (κ1) is 17.9. The van der Waals surface area contributed by atoms with Crippen LogP contribution in [-0.2, 0) is 4.79 Å². The average molecular weight is 366 g/mol. The molecule has 2 aliphatic heterocycles. The van der Waals surface area contributed by atoms with Crippen LogP contribution in [0.1, 0.15) is 43.8 Å². The number of aromatic nitrogens is 3. The van der Waals surface area contributed by atoms with E-state index in [0.29, 0.717) is 12.5 Å². The number of hydrogen-bond acceptors (Lipinski definition) is 6. The van der Waals surface area contributed by atoms with Crippen LogP contribution in [0.3, 0.4) is 0 Å². The molecule has 0 saturated carbocycles. The molecule has 1 amide bonds. The van der Waals surface area contributed by atoms with Crippen molar-refractivity contribution in [1.82, 2.24) is 24.8 Å². The van der Waals surface area contributed by atoms with E-state index in [-0.39, 0.29) is 11.9 Å². The topological polar surface area (TPSA) is 74.2 Å². The quantitative estimate of drug-likeness (QED) is 0.877. The van der Waals surface area contributed by atoms with E-state index >= 15 is 0 Å². The number of likely N-dealkylation sites (tertiary alicyclic amines) is 2. The normalized spacial score (nSPS) is 20.6. The molecule has 4 heterocycles. The Morgan fingerprint density at radius 1 is 1.04 bits per heavy atom. The highest BCUT2D eigenvalue weighted by atomic mass is 16.2. The molecule has 0 aromatic carbocycles. The van der Waals surface area contributed by atoms with Gasteiger partial charge in [-0.3, -0.25) is 9.69 Å². The van der Waals surface area contributed by atoms with Gasteiger partial charge in [0, 0.05) is 25.5 Å². The van der Waals surface area contributed by atoms with E-state index in [0.717, 1.165) is 63.3 Å². The maximum Gasteiger partial charge on any atom is 0.236 e. The number of hydrogen-bond donors (Lipinski definition) is 1. The minimum Gasteiger partial charge on any atom is -0.342 e. The van der Waals surface area contributed by atoms with E-state index in [2.05, 4.69) is 20.2 Å². The van der Waals surface area contributed by atoms with Crippen molar-refractivity contribution in [1.29, 1.82) is 0 Å². The van der Waals surface area contributed by atoms with Crippen molar-refractivity contribution in [2.45, 2.75) is 38.1 Å². The maximum atomic E-state index is 12.6. The van der Waals surface area contributed by atoms with Gasteiger partial charge in [0.15, 0.2) is 0 Å². The number of rotatable bonds is 5. The lowest BCUT2D eigenvalue weighted by atomic mass is 9.99. The van der Waals surface area contributed by atoms with Crippen LogP contribution in [0.15, 0.2) is 36.7 Å². The number of nitrogens with one attached hydrogen (secondary N) is 1. The van der Waals surface area contributed by atoms with Gasteiger partial charge in [-0.15, -0.1) is 0 Å². The Hall–Kier alpha value is -2.54. The van der Waals surface area contributed by atoms with Crippen molar-refractivity contribution in [2.24, 2.45) is 0 Å². The van der Waals surface area contributed by atoms with Crippen LogP contribution in [0, 0.1) is 0 Å². The first-order valence-corrected chi connectivity index (χ1v) is 9.82. The molecule has 2 fully saturated rings. The lowest BCUT2D eigenvalue weighted by molar-refractivity contribution is -0.132. The van der Waals surface area contributed by atoms with Crippen LogP contribution < -0.4 is 5.32 Å². The second kappa shape index (κ2) is 8.43. The Morgan fingerprint density at radius 2 is 1.89 bits per heavy atom. The second-order valence-electron chi connectivity index (χ2n) is 7.22. The largest absolute Gasteiger partial charge is 0.342 e. The van der Waals surface area contributed by atoms with Crippen LogP contribution in [0.2, 0.25) is 0 Å². The molecule has 142 valence electrons. The van der Waals surface area contributed by atoms with Crippen molar-refractivity contribution in [3.63, 3.8) is 0 Å². The summed E-state index contributed by atoms with van der Waals surface area (Å²) >= 11 is 0. The number of carbonyl (C=O) groups excluding carboxylic acids is 1. The van der Waals surface area contributed by atoms with E-state index in [4.69, 9.17) is 4.98 Å². The molecular formula is C20H26N6O. The molecule has 0 aliphatic carbocycles. The van der Waals surface area contributed by atoms with Gasteiger partial charge in [0.05, 0.1) is 18.3 Å². The molecule has 1 N–H and O–H groups in total. The summed E-state index contributed by atoms with van der Waals surface area (Å²) in [6, 6.07) is 7.81. The maximum absolute atomic E-state index is 12.6. The SMILES string of the molecule is O=C(CN1CCCC[C@H]1c1ccnc(Nc2ccccn2)n1)N1CCCC1. The second-order valence-corrected chi connectivity index (χ2v) is 7.22. The minimum absolute atomic E-state index is 0.164. The van der Waals surface area contributed by atoms with Crippen molar-refractivity contribution >= 4 is 17.7 Å². The fraction of sp³-hybridized carbons (Fsp3) is 0.500. The molecule has 1 atom stereocenters. The van der Waals surface area contributed by atoms with Gasteiger partial charge in [-0.2, -0.15) is 0 Å². The molecule has 2 aromatic heterocycles. The average Bonchev–Trinajstić information content (AvgIpc) is 3.24. The monoisotopic (exact) mass is 366 g/mol. The summed E-state index contributed by atoms with van der Waals surface area (Å²) in [5.74, 6) is 1.52. The van der Waals surface area contributed by atoms with Crippen LogP contribution in [-0.4, -0.2) is 56.8 Å². The molecule has 27 heavy (non-hydrogen) atoms. The summed E-state index contributed by atoms with van der Waals surface area (Å²) in [6.07, 6.45) is 9.09. The van der Waals surface area contributed by atoms with Crippen LogP contribution in [0.25, 0.3) is 0 Å². The van der Waals surface area contributed by atoms with Gasteiger partial charge in [-0.25, -0.2) is 15.0 Å². The van der Waals surface area contributed by atoms with E-state index < -0.39 is 0 Å². The standard InChI is InChI=1S/C20H26N6O/c27-19(25-12-5-6-13-25)15-26-14-4-2-7-17(26)16-9-11-22-20(23-16)24-18-8-1-3-10-21-18/h1,3,8-11,17H,2,4-7,12-15H2,(H,21,22,23,24)/t17-/m0/s1. The molecule has 0 spiro atoms. The third kappa shape index (κ3) is 4.42. The predicted octanol–water partition coefficient (Wildman–Crippen LogP) is 2.76. The first-order chi connectivity index (χ1) is 13.3. The van der Waals surface area contributed by atoms with Gasteiger partial charge in [0.25, 0.3) is 0 Å². The lowest BCUT2D eigenvalue weighted by Crippen LogP contribution is -2.42. The first-order valence-electron chi connectivity index (χ1n) is 9.82. The van der Waals surface area contributed by atoms with E-state index in [1.807, 2.05) is 29.2 Å². The van der Waals surface area contributed by atoms with E-state index in [1.165, 1.54) is 0 Å². The molecular weight excluding hydrogens is 340 g/mol. The Bertz CT molecular complexity index is 762. The number of piperidine rings is 1. The highest BCUT2D eigenvalue weighted by Gasteiger charge is 2.29. The Kier molecular flexibility index (Phi) is 5.58. The van der Waals surface area contributed by atoms with Crippen LogP contribution in [0.4, 0.5) is 11.8 Å². The van der Waals surface area contributed by atoms with Gasteiger partial charge in [-0.1, -0.05) is 12.5 Å². The summed E-state index contributed by atoms with van der Waals surface area (Å²) in [7, 11) is 0. The molecule has 0 radical (unpaired) electrons. The number of amides is 1. The Balaban J connectivity index is 1.48. The fourth-order valence-corrected chi connectivity index (χ4v) is 3.93. The van der Waals surface area contributed by atoms with Crippen molar-refractivity contribution in [2.75, 3.05) is 31.5 Å². The van der Waals surface area contributed by atoms with Gasteiger partial charge >= 0.3 is 0 Å². The summed E-state index contributed by atoms with van der Waals surface area (Å²) in [4.78, 5) is 30.2. The fourth-order valence-electron chi connectivity index (χ4n) is 3.93. The van der Waals surface area contributed by atoms with Gasteiger partial charge in [0.1, 0.15) is 5.82 Å². The summed E-state index contributed by atoms with van der Waals surface area (Å²) in [5.41, 5.74) is 0.970. The molecule has 2 aliphatic rings. The van der Waals surface area contributed by atoms with Crippen molar-refractivity contribution < 1.29 is 4.79 Å². The molecule has 2 saturated heterocycles. The smallest absolute Gasteiger partial charge is 0.236 e. The number of carbonyl (C=O) groups is 1. The lowest BCUT2D eigenvalue weighted by Gasteiger charge is -2.35. The van der Waals surface area contributed by atoms with Crippen LogP contribution >= 0.6 is 0 Å². The summed E-state index contributed by atoms with van der Waals surface area (Å²) in [6.45, 7) is 3.24. The third-order valence-electron chi connectivity index (χ3n) is 5.33. The highest BCUT2D eigenvalue weighted by molar-refractivity contribution is 5.78. The zero-order valence-corrected chi connectivity index (χ0v) is 15.5. The van der Waals surface area contributed by atoms with Gasteiger partial charge in [-0.05, 0) is 50.4 Å². The minimum atomic E-state index is 0.164. The Morgan fingerprint density at radius 3 is 2.70 bits per heavy atom. The Labute approximate surface area is 159 Å². The van der Waals surface area contributed by atoms with Crippen molar-refractivity contribution in [3.05, 3.63) is 42.4 Å².